The van der Waals surface area contributed by atoms with Gasteiger partial charge in [-0.1, -0.05) is 42.5 Å². The van der Waals surface area contributed by atoms with Crippen LogP contribution in [0.4, 0.5) is 10.1 Å². The van der Waals surface area contributed by atoms with Gasteiger partial charge in [0.1, 0.15) is 17.3 Å². The van der Waals surface area contributed by atoms with Crippen LogP contribution in [-0.2, 0) is 22.6 Å². The second-order valence-corrected chi connectivity index (χ2v) is 8.29. The van der Waals surface area contributed by atoms with Gasteiger partial charge in [0.25, 0.3) is 11.8 Å². The molecule has 0 spiro atoms. The third-order valence-corrected chi connectivity index (χ3v) is 6.21. The lowest BCUT2D eigenvalue weighted by Gasteiger charge is -2.31. The highest BCUT2D eigenvalue weighted by atomic mass is 19.1. The first-order valence-corrected chi connectivity index (χ1v) is 10.8. The van der Waals surface area contributed by atoms with Crippen LogP contribution in [0.25, 0.3) is 5.57 Å². The van der Waals surface area contributed by atoms with Crippen molar-refractivity contribution < 1.29 is 18.7 Å². The van der Waals surface area contributed by atoms with Crippen molar-refractivity contribution in [3.05, 3.63) is 100 Å². The Morgan fingerprint density at radius 2 is 1.64 bits per heavy atom. The summed E-state index contributed by atoms with van der Waals surface area (Å²) >= 11 is 0. The maximum absolute atomic E-state index is 13.8. The van der Waals surface area contributed by atoms with Crippen molar-refractivity contribution in [2.24, 2.45) is 0 Å². The van der Waals surface area contributed by atoms with Gasteiger partial charge in [0, 0.05) is 13.1 Å². The molecule has 3 aromatic rings. The highest BCUT2D eigenvalue weighted by molar-refractivity contribution is 6.45. The van der Waals surface area contributed by atoms with Crippen LogP contribution in [0.5, 0.6) is 5.75 Å². The number of imide groups is 1. The van der Waals surface area contributed by atoms with Gasteiger partial charge in [-0.15, -0.1) is 0 Å². The van der Waals surface area contributed by atoms with E-state index in [1.54, 1.807) is 24.3 Å². The molecule has 0 saturated heterocycles. The first-order valence-electron chi connectivity index (χ1n) is 10.8. The molecule has 166 valence electrons. The van der Waals surface area contributed by atoms with Gasteiger partial charge >= 0.3 is 0 Å². The summed E-state index contributed by atoms with van der Waals surface area (Å²) in [6, 6.07) is 19.2. The van der Waals surface area contributed by atoms with Crippen LogP contribution in [0.1, 0.15) is 22.3 Å². The fourth-order valence-corrected chi connectivity index (χ4v) is 4.57. The molecule has 0 saturated carbocycles. The van der Waals surface area contributed by atoms with Gasteiger partial charge in [-0.3, -0.25) is 9.59 Å². The molecule has 6 heteroatoms. The normalized spacial score (nSPS) is 15.8. The Kier molecular flexibility index (Phi) is 5.21. The predicted octanol–water partition coefficient (Wildman–Crippen LogP) is 4.49. The van der Waals surface area contributed by atoms with E-state index in [0.717, 1.165) is 17.5 Å². The second-order valence-electron chi connectivity index (χ2n) is 8.29. The van der Waals surface area contributed by atoms with Crippen LogP contribution in [0.15, 0.2) is 72.4 Å². The van der Waals surface area contributed by atoms with E-state index in [-0.39, 0.29) is 5.57 Å². The number of amides is 2. The third kappa shape index (κ3) is 3.57. The molecule has 0 fully saturated rings. The Balaban J connectivity index is 1.65. The average Bonchev–Trinajstić information content (AvgIpc) is 3.09. The smallest absolute Gasteiger partial charge is 0.282 e. The largest absolute Gasteiger partial charge is 0.495 e. The molecule has 0 radical (unpaired) electrons. The first kappa shape index (κ1) is 20.9. The van der Waals surface area contributed by atoms with Gasteiger partial charge in [0.05, 0.1) is 18.4 Å². The number of methoxy groups -OCH3 is 1. The van der Waals surface area contributed by atoms with Gasteiger partial charge in [-0.2, -0.15) is 0 Å². The van der Waals surface area contributed by atoms with Crippen LogP contribution in [-0.4, -0.2) is 30.4 Å². The van der Waals surface area contributed by atoms with Gasteiger partial charge < -0.3 is 9.64 Å². The Hall–Kier alpha value is -3.93. The summed E-state index contributed by atoms with van der Waals surface area (Å²) in [5, 5.41) is 0. The molecule has 2 amide bonds. The number of nitrogens with zero attached hydrogens (tertiary/aromatic N) is 2. The van der Waals surface area contributed by atoms with E-state index in [1.165, 1.54) is 29.7 Å². The van der Waals surface area contributed by atoms with Gasteiger partial charge in [0.2, 0.25) is 0 Å². The van der Waals surface area contributed by atoms with Crippen LogP contribution < -0.4 is 9.64 Å². The molecular weight excluding hydrogens is 419 g/mol. The topological polar surface area (TPSA) is 49.9 Å². The number of rotatable bonds is 4. The standard InChI is InChI=1S/C27H23FN2O3/c1-17-7-12-23(33-2)22(15-17)30-26(31)24(19-8-10-21(28)11-9-19)25(27(30)32)29-14-13-18-5-3-4-6-20(18)16-29/h3-12,15H,13-14,16H2,1-2H3. The molecule has 0 aliphatic carbocycles. The predicted molar refractivity (Wildman–Crippen MR) is 124 cm³/mol. The molecular formula is C27H23FN2O3. The summed E-state index contributed by atoms with van der Waals surface area (Å²) < 4.78 is 19.1. The molecule has 5 rings (SSSR count). The maximum atomic E-state index is 13.8. The molecule has 2 aliphatic rings. The summed E-state index contributed by atoms with van der Waals surface area (Å²) in [6.45, 7) is 3.02. The summed E-state index contributed by atoms with van der Waals surface area (Å²) in [5.74, 6) is -0.806. The number of carbonyl (C=O) groups excluding carboxylic acids is 2. The maximum Gasteiger partial charge on any atom is 0.282 e. The zero-order chi connectivity index (χ0) is 23.1. The SMILES string of the molecule is COc1ccc(C)cc1N1C(=O)C(c2ccc(F)cc2)=C(N2CCc3ccccc3C2)C1=O. The molecule has 0 atom stereocenters. The summed E-state index contributed by atoms with van der Waals surface area (Å²) in [5.41, 5.74) is 4.80. The number of halogens is 1. The minimum Gasteiger partial charge on any atom is -0.495 e. The first-order chi connectivity index (χ1) is 16.0. The quantitative estimate of drug-likeness (QED) is 0.559. The Labute approximate surface area is 191 Å². The number of fused-ring (bicyclic) bond motifs is 1. The van der Waals surface area contributed by atoms with Crippen LogP contribution in [0.3, 0.4) is 0 Å². The molecule has 3 aromatic carbocycles. The summed E-state index contributed by atoms with van der Waals surface area (Å²) in [4.78, 5) is 30.7. The number of hydrogen-bond donors (Lipinski definition) is 0. The Morgan fingerprint density at radius 3 is 2.36 bits per heavy atom. The van der Waals surface area contributed by atoms with E-state index in [4.69, 9.17) is 4.74 Å². The zero-order valence-electron chi connectivity index (χ0n) is 18.5. The van der Waals surface area contributed by atoms with Gasteiger partial charge in [-0.25, -0.2) is 9.29 Å². The highest BCUT2D eigenvalue weighted by Crippen LogP contribution is 2.40. The van der Waals surface area contributed by atoms with Crippen LogP contribution in [0, 0.1) is 12.7 Å². The number of ether oxygens (including phenoxy) is 1. The van der Waals surface area contributed by atoms with Crippen molar-refractivity contribution in [1.29, 1.82) is 0 Å². The molecule has 0 unspecified atom stereocenters. The van der Waals surface area contributed by atoms with Crippen molar-refractivity contribution in [2.75, 3.05) is 18.6 Å². The van der Waals surface area contributed by atoms with Gasteiger partial charge in [-0.05, 0) is 59.9 Å². The summed E-state index contributed by atoms with van der Waals surface area (Å²) in [6.07, 6.45) is 0.769. The van der Waals surface area contributed by atoms with E-state index in [9.17, 15) is 14.0 Å². The Bertz CT molecular complexity index is 1300. The minimum absolute atomic E-state index is 0.281. The highest BCUT2D eigenvalue weighted by Gasteiger charge is 2.44. The molecule has 0 bridgehead atoms. The summed E-state index contributed by atoms with van der Waals surface area (Å²) in [7, 11) is 1.51. The average molecular weight is 442 g/mol. The molecule has 33 heavy (non-hydrogen) atoms. The second kappa shape index (κ2) is 8.20. The van der Waals surface area contributed by atoms with E-state index in [2.05, 4.69) is 6.07 Å². The molecule has 2 heterocycles. The third-order valence-electron chi connectivity index (χ3n) is 6.21. The molecule has 0 aromatic heterocycles. The van der Waals surface area contributed by atoms with Crippen molar-refractivity contribution in [3.8, 4) is 5.75 Å². The number of benzene rings is 3. The van der Waals surface area contributed by atoms with E-state index >= 15 is 0 Å². The van der Waals surface area contributed by atoms with E-state index < -0.39 is 17.6 Å². The zero-order valence-corrected chi connectivity index (χ0v) is 18.5. The van der Waals surface area contributed by atoms with Gasteiger partial charge in [0.15, 0.2) is 0 Å². The number of aryl methyl sites for hydroxylation is 1. The van der Waals surface area contributed by atoms with E-state index in [1.807, 2.05) is 36.1 Å². The number of hydrogen-bond acceptors (Lipinski definition) is 4. The van der Waals surface area contributed by atoms with Crippen molar-refractivity contribution in [2.45, 2.75) is 19.9 Å². The molecule has 2 aliphatic heterocycles. The van der Waals surface area contributed by atoms with Crippen molar-refractivity contribution >= 4 is 23.1 Å². The lowest BCUT2D eigenvalue weighted by molar-refractivity contribution is -0.120. The number of anilines is 1. The molecule has 0 N–H and O–H groups in total. The number of carbonyl (C=O) groups is 2. The van der Waals surface area contributed by atoms with Crippen LogP contribution in [0.2, 0.25) is 0 Å². The lowest BCUT2D eigenvalue weighted by atomic mass is 9.98. The fraction of sp³-hybridized carbons (Fsp3) is 0.185. The Morgan fingerprint density at radius 1 is 0.909 bits per heavy atom. The van der Waals surface area contributed by atoms with Crippen molar-refractivity contribution in [3.63, 3.8) is 0 Å². The van der Waals surface area contributed by atoms with Crippen molar-refractivity contribution in [1.82, 2.24) is 4.90 Å². The van der Waals surface area contributed by atoms with E-state index in [0.29, 0.717) is 35.8 Å². The fourth-order valence-electron chi connectivity index (χ4n) is 4.57. The lowest BCUT2D eigenvalue weighted by Crippen LogP contribution is -2.37. The monoisotopic (exact) mass is 442 g/mol. The minimum atomic E-state index is -0.440. The van der Waals surface area contributed by atoms with Crippen LogP contribution >= 0.6 is 0 Å². The molecule has 5 nitrogen and oxygen atoms in total.